The minimum atomic E-state index is 0.355. The molecule has 0 aliphatic carbocycles. The lowest BCUT2D eigenvalue weighted by molar-refractivity contribution is 0.0752. The number of hydrogen-bond acceptors (Lipinski definition) is 2. The fourth-order valence-electron chi connectivity index (χ4n) is 1.40. The van der Waals surface area contributed by atoms with E-state index >= 15 is 0 Å². The summed E-state index contributed by atoms with van der Waals surface area (Å²) in [5.41, 5.74) is 0. The van der Waals surface area contributed by atoms with Gasteiger partial charge in [0.25, 0.3) is 0 Å². The van der Waals surface area contributed by atoms with E-state index in [1.54, 1.807) is 0 Å². The molecule has 0 heterocycles. The molecule has 0 atom stereocenters. The number of ether oxygens (including phenoxy) is 2. The van der Waals surface area contributed by atoms with Gasteiger partial charge >= 0.3 is 0 Å². The molecule has 0 aromatic heterocycles. The Balaban J connectivity index is 2.94. The first kappa shape index (κ1) is 16.9. The van der Waals surface area contributed by atoms with Gasteiger partial charge in [0.05, 0.1) is 12.2 Å². The predicted molar refractivity (Wildman–Crippen MR) is 72.5 cm³/mol. The van der Waals surface area contributed by atoms with Crippen LogP contribution in [0.3, 0.4) is 0 Å². The van der Waals surface area contributed by atoms with Crippen LogP contribution in [-0.4, -0.2) is 38.5 Å². The zero-order valence-corrected chi connectivity index (χ0v) is 12.1. The number of nitrogens with zero attached hydrogens (tertiary/aromatic N) is 1. The van der Waals surface area contributed by atoms with E-state index < -0.39 is 0 Å². The quantitative estimate of drug-likeness (QED) is 0.494. The summed E-state index contributed by atoms with van der Waals surface area (Å²) in [6, 6.07) is 0. The van der Waals surface area contributed by atoms with Gasteiger partial charge in [0.2, 0.25) is 0 Å². The minimum Gasteiger partial charge on any atom is -0.379 e. The Hall–Kier alpha value is -0.120. The average molecular weight is 244 g/mol. The molecule has 103 valence electrons. The molecule has 0 aromatic carbocycles. The Morgan fingerprint density at radius 2 is 1.12 bits per heavy atom. The summed E-state index contributed by atoms with van der Waals surface area (Å²) in [5.74, 6) is 0. The van der Waals surface area contributed by atoms with Crippen molar-refractivity contribution in [2.75, 3.05) is 26.3 Å². The van der Waals surface area contributed by atoms with Crippen LogP contribution in [-0.2, 0) is 9.47 Å². The van der Waals surface area contributed by atoms with E-state index in [1.165, 1.54) is 0 Å². The molecule has 3 heteroatoms. The number of unbranched alkanes of at least 4 members (excludes halogenated alkanes) is 2. The third-order valence-electron chi connectivity index (χ3n) is 2.32. The number of hydrogen-bond donors (Lipinski definition) is 0. The second-order valence-corrected chi connectivity index (χ2v) is 4.92. The average Bonchev–Trinajstić information content (AvgIpc) is 2.25. The maximum atomic E-state index is 5.47. The van der Waals surface area contributed by atoms with Crippen molar-refractivity contribution in [3.8, 4) is 0 Å². The highest BCUT2D eigenvalue weighted by molar-refractivity contribution is 4.50. The van der Waals surface area contributed by atoms with Crippen LogP contribution >= 0.6 is 0 Å². The fraction of sp³-hybridized carbons (Fsp3) is 1.00. The Morgan fingerprint density at radius 1 is 0.706 bits per heavy atom. The van der Waals surface area contributed by atoms with Gasteiger partial charge in [0.1, 0.15) is 0 Å². The van der Waals surface area contributed by atoms with Gasteiger partial charge in [-0.05, 0) is 53.4 Å². The van der Waals surface area contributed by atoms with Gasteiger partial charge in [-0.3, -0.25) is 0 Å². The first-order valence-corrected chi connectivity index (χ1v) is 6.99. The summed E-state index contributed by atoms with van der Waals surface area (Å²) in [7, 11) is 0. The van der Waals surface area contributed by atoms with Crippen LogP contribution in [0.2, 0.25) is 0 Å². The van der Waals surface area contributed by atoms with Crippen LogP contribution in [0.25, 0.3) is 0 Å². The first-order chi connectivity index (χ1) is 8.13. The zero-order chi connectivity index (χ0) is 12.9. The molecular formula is C14H30NO2. The molecular weight excluding hydrogens is 214 g/mol. The second kappa shape index (κ2) is 12.3. The number of rotatable bonds is 12. The minimum absolute atomic E-state index is 0.355. The van der Waals surface area contributed by atoms with Crippen molar-refractivity contribution in [3.05, 3.63) is 0 Å². The van der Waals surface area contributed by atoms with E-state index in [-0.39, 0.29) is 0 Å². The van der Waals surface area contributed by atoms with E-state index in [2.05, 4.69) is 33.0 Å². The predicted octanol–water partition coefficient (Wildman–Crippen LogP) is 3.00. The lowest BCUT2D eigenvalue weighted by atomic mass is 10.3. The van der Waals surface area contributed by atoms with Gasteiger partial charge in [0.15, 0.2) is 0 Å². The van der Waals surface area contributed by atoms with Crippen LogP contribution in [0.5, 0.6) is 0 Å². The SMILES string of the molecule is CC(C)OCCCC[N]CCCCOC(C)C. The van der Waals surface area contributed by atoms with Crippen LogP contribution in [0.1, 0.15) is 53.4 Å². The van der Waals surface area contributed by atoms with E-state index in [4.69, 9.17) is 9.47 Å². The molecule has 0 aliphatic heterocycles. The van der Waals surface area contributed by atoms with Crippen molar-refractivity contribution in [2.24, 2.45) is 0 Å². The second-order valence-electron chi connectivity index (χ2n) is 4.92. The van der Waals surface area contributed by atoms with Gasteiger partial charge in [0, 0.05) is 26.3 Å². The summed E-state index contributed by atoms with van der Waals surface area (Å²) in [4.78, 5) is 0. The van der Waals surface area contributed by atoms with Crippen molar-refractivity contribution < 1.29 is 9.47 Å². The van der Waals surface area contributed by atoms with E-state index in [1.807, 2.05) is 0 Å². The lowest BCUT2D eigenvalue weighted by Gasteiger charge is -2.08. The maximum absolute atomic E-state index is 5.47. The highest BCUT2D eigenvalue weighted by Crippen LogP contribution is 1.96. The van der Waals surface area contributed by atoms with Crippen molar-refractivity contribution in [2.45, 2.75) is 65.6 Å². The molecule has 0 aromatic rings. The van der Waals surface area contributed by atoms with E-state index in [9.17, 15) is 0 Å². The Kier molecular flexibility index (Phi) is 12.3. The molecule has 0 bridgehead atoms. The monoisotopic (exact) mass is 244 g/mol. The van der Waals surface area contributed by atoms with Gasteiger partial charge in [-0.15, -0.1) is 0 Å². The molecule has 0 rings (SSSR count). The van der Waals surface area contributed by atoms with E-state index in [0.717, 1.165) is 52.0 Å². The molecule has 3 nitrogen and oxygen atoms in total. The maximum Gasteiger partial charge on any atom is 0.0518 e. The van der Waals surface area contributed by atoms with Crippen LogP contribution in [0.15, 0.2) is 0 Å². The lowest BCUT2D eigenvalue weighted by Crippen LogP contribution is -2.11. The third kappa shape index (κ3) is 15.9. The van der Waals surface area contributed by atoms with Crippen molar-refractivity contribution in [1.29, 1.82) is 0 Å². The molecule has 0 fully saturated rings. The summed E-state index contributed by atoms with van der Waals surface area (Å²) >= 11 is 0. The summed E-state index contributed by atoms with van der Waals surface area (Å²) in [5, 5.41) is 4.49. The normalized spacial score (nSPS) is 11.6. The topological polar surface area (TPSA) is 32.6 Å². The van der Waals surface area contributed by atoms with Gasteiger partial charge in [-0.25, -0.2) is 5.32 Å². The fourth-order valence-corrected chi connectivity index (χ4v) is 1.40. The molecule has 0 unspecified atom stereocenters. The standard InChI is InChI=1S/C14H30NO2/c1-13(2)16-11-7-5-9-15-10-6-8-12-17-14(3)4/h13-14H,5-12H2,1-4H3. The zero-order valence-electron chi connectivity index (χ0n) is 12.1. The van der Waals surface area contributed by atoms with Crippen LogP contribution in [0, 0.1) is 0 Å². The molecule has 1 radical (unpaired) electrons. The molecule has 0 saturated carbocycles. The van der Waals surface area contributed by atoms with Crippen LogP contribution in [0.4, 0.5) is 0 Å². The Labute approximate surface area is 107 Å². The van der Waals surface area contributed by atoms with Gasteiger partial charge in [-0.1, -0.05) is 0 Å². The summed E-state index contributed by atoms with van der Waals surface area (Å²) in [6.07, 6.45) is 5.25. The van der Waals surface area contributed by atoms with E-state index in [0.29, 0.717) is 12.2 Å². The largest absolute Gasteiger partial charge is 0.379 e. The highest BCUT2D eigenvalue weighted by atomic mass is 16.5. The van der Waals surface area contributed by atoms with Gasteiger partial charge < -0.3 is 9.47 Å². The van der Waals surface area contributed by atoms with Crippen molar-refractivity contribution >= 4 is 0 Å². The first-order valence-electron chi connectivity index (χ1n) is 6.99. The summed E-state index contributed by atoms with van der Waals surface area (Å²) < 4.78 is 10.9. The van der Waals surface area contributed by atoms with Crippen LogP contribution < -0.4 is 5.32 Å². The molecule has 0 amide bonds. The molecule has 0 N–H and O–H groups in total. The smallest absolute Gasteiger partial charge is 0.0518 e. The van der Waals surface area contributed by atoms with Crippen molar-refractivity contribution in [1.82, 2.24) is 5.32 Å². The Morgan fingerprint density at radius 3 is 1.47 bits per heavy atom. The highest BCUT2D eigenvalue weighted by Gasteiger charge is 1.95. The molecule has 17 heavy (non-hydrogen) atoms. The molecule has 0 aliphatic rings. The third-order valence-corrected chi connectivity index (χ3v) is 2.32. The van der Waals surface area contributed by atoms with Crippen molar-refractivity contribution in [3.63, 3.8) is 0 Å². The molecule has 0 saturated heterocycles. The molecule has 0 spiro atoms. The Bertz CT molecular complexity index is 133. The summed E-state index contributed by atoms with van der Waals surface area (Å²) in [6.45, 7) is 12.0. The van der Waals surface area contributed by atoms with Gasteiger partial charge in [-0.2, -0.15) is 0 Å².